The van der Waals surface area contributed by atoms with Gasteiger partial charge in [0.2, 0.25) is 0 Å². The van der Waals surface area contributed by atoms with Crippen molar-refractivity contribution in [1.82, 2.24) is 4.57 Å². The first-order valence-corrected chi connectivity index (χ1v) is 5.21. The number of fused-ring (bicyclic) bond motifs is 1. The lowest BCUT2D eigenvalue weighted by Crippen LogP contribution is -2.15. The second kappa shape index (κ2) is 3.96. The van der Waals surface area contributed by atoms with Crippen LogP contribution in [-0.2, 0) is 11.2 Å². The molecule has 0 radical (unpaired) electrons. The Bertz CT molecular complexity index is 577. The molecule has 0 aliphatic carbocycles. The summed E-state index contributed by atoms with van der Waals surface area (Å²) in [7, 11) is 0. The van der Waals surface area contributed by atoms with E-state index in [9.17, 15) is 9.59 Å². The number of rotatable bonds is 3. The van der Waals surface area contributed by atoms with Gasteiger partial charge in [-0.1, -0.05) is 12.1 Å². The van der Waals surface area contributed by atoms with Gasteiger partial charge in [0.25, 0.3) is 0 Å². The van der Waals surface area contributed by atoms with Crippen molar-refractivity contribution in [2.75, 3.05) is 0 Å². The molecule has 0 fully saturated rings. The first kappa shape index (κ1) is 10.7. The summed E-state index contributed by atoms with van der Waals surface area (Å²) in [5, 5.41) is 0. The fourth-order valence-electron chi connectivity index (χ4n) is 1.85. The van der Waals surface area contributed by atoms with Gasteiger partial charge < -0.3 is 9.21 Å². The second-order valence-electron chi connectivity index (χ2n) is 3.97. The monoisotopic (exact) mass is 219 g/mol. The van der Waals surface area contributed by atoms with E-state index < -0.39 is 0 Å². The smallest absolute Gasteiger partial charge is 0.407 e. The Morgan fingerprint density at radius 1 is 1.44 bits per heavy atom. The van der Waals surface area contributed by atoms with Gasteiger partial charge in [0.05, 0.1) is 5.52 Å². The highest BCUT2D eigenvalue weighted by molar-refractivity contribution is 5.79. The van der Waals surface area contributed by atoms with Crippen LogP contribution in [0.3, 0.4) is 0 Å². The Labute approximate surface area is 92.5 Å². The normalized spacial score (nSPS) is 11.2. The topological polar surface area (TPSA) is 52.2 Å². The van der Waals surface area contributed by atoms with E-state index in [2.05, 4.69) is 0 Å². The van der Waals surface area contributed by atoms with Gasteiger partial charge in [-0.2, -0.15) is 0 Å². The lowest BCUT2D eigenvalue weighted by molar-refractivity contribution is -0.107. The van der Waals surface area contributed by atoms with Gasteiger partial charge in [-0.3, -0.25) is 4.57 Å². The molecule has 0 N–H and O–H groups in total. The number of carbonyl (C=O) groups excluding carboxylic acids is 1. The Kier molecular flexibility index (Phi) is 2.64. The van der Waals surface area contributed by atoms with Gasteiger partial charge in [-0.15, -0.1) is 0 Å². The number of hydrogen-bond acceptors (Lipinski definition) is 3. The summed E-state index contributed by atoms with van der Waals surface area (Å²) in [6.07, 6.45) is 1.07. The Balaban J connectivity index is 2.77. The first-order chi connectivity index (χ1) is 7.65. The predicted molar refractivity (Wildman–Crippen MR) is 60.6 cm³/mol. The molecule has 0 amide bonds. The Hall–Kier alpha value is -1.84. The zero-order valence-corrected chi connectivity index (χ0v) is 9.27. The number of carbonyl (C=O) groups is 1. The minimum absolute atomic E-state index is 0.0419. The van der Waals surface area contributed by atoms with E-state index in [0.29, 0.717) is 5.58 Å². The largest absolute Gasteiger partial charge is 0.420 e. The molecule has 1 aromatic heterocycles. The molecule has 0 bridgehead atoms. The predicted octanol–water partition coefficient (Wildman–Crippen LogP) is 1.92. The maximum atomic E-state index is 11.6. The lowest BCUT2D eigenvalue weighted by Gasteiger charge is -2.05. The standard InChI is InChI=1S/C12H13NO3/c1-8(2)13-10-5-3-4-9(6-7-14)11(10)16-12(13)15/h3-5,7-8H,6H2,1-2H3. The molecule has 0 atom stereocenters. The SMILES string of the molecule is CC(C)n1c(=O)oc2c(CC=O)cccc21. The van der Waals surface area contributed by atoms with Crippen LogP contribution in [0, 0.1) is 0 Å². The van der Waals surface area contributed by atoms with E-state index in [1.807, 2.05) is 26.0 Å². The van der Waals surface area contributed by atoms with Crippen LogP contribution in [0.15, 0.2) is 27.4 Å². The van der Waals surface area contributed by atoms with E-state index in [-0.39, 0.29) is 18.2 Å². The number of hydrogen-bond donors (Lipinski definition) is 0. The molecule has 84 valence electrons. The van der Waals surface area contributed by atoms with Crippen molar-refractivity contribution < 1.29 is 9.21 Å². The molecule has 0 aliphatic rings. The molecule has 0 spiro atoms. The minimum Gasteiger partial charge on any atom is -0.407 e. The zero-order valence-electron chi connectivity index (χ0n) is 9.27. The van der Waals surface area contributed by atoms with E-state index in [0.717, 1.165) is 17.4 Å². The summed E-state index contributed by atoms with van der Waals surface area (Å²) in [4.78, 5) is 22.2. The molecule has 0 saturated heterocycles. The minimum atomic E-state index is -0.372. The van der Waals surface area contributed by atoms with E-state index in [1.54, 1.807) is 10.6 Å². The zero-order chi connectivity index (χ0) is 11.7. The average molecular weight is 219 g/mol. The molecule has 0 aliphatic heterocycles. The molecule has 1 aromatic carbocycles. The van der Waals surface area contributed by atoms with Gasteiger partial charge in [0.1, 0.15) is 6.29 Å². The maximum absolute atomic E-state index is 11.6. The molecule has 2 aromatic rings. The van der Waals surface area contributed by atoms with Crippen LogP contribution >= 0.6 is 0 Å². The Morgan fingerprint density at radius 2 is 2.19 bits per heavy atom. The highest BCUT2D eigenvalue weighted by Crippen LogP contribution is 2.20. The second-order valence-corrected chi connectivity index (χ2v) is 3.97. The summed E-state index contributed by atoms with van der Waals surface area (Å²) in [5.74, 6) is -0.372. The third-order valence-electron chi connectivity index (χ3n) is 2.54. The molecule has 0 saturated carbocycles. The molecular weight excluding hydrogens is 206 g/mol. The highest BCUT2D eigenvalue weighted by Gasteiger charge is 2.13. The fraction of sp³-hybridized carbons (Fsp3) is 0.333. The van der Waals surface area contributed by atoms with E-state index >= 15 is 0 Å². The quantitative estimate of drug-likeness (QED) is 0.741. The van der Waals surface area contributed by atoms with Gasteiger partial charge in [0, 0.05) is 18.0 Å². The van der Waals surface area contributed by atoms with Crippen LogP contribution in [0.2, 0.25) is 0 Å². The van der Waals surface area contributed by atoms with E-state index in [4.69, 9.17) is 4.42 Å². The van der Waals surface area contributed by atoms with Crippen LogP contribution in [0.25, 0.3) is 11.1 Å². The molecule has 0 unspecified atom stereocenters. The highest BCUT2D eigenvalue weighted by atomic mass is 16.4. The summed E-state index contributed by atoms with van der Waals surface area (Å²) >= 11 is 0. The van der Waals surface area contributed by atoms with Crippen LogP contribution < -0.4 is 5.76 Å². The van der Waals surface area contributed by atoms with Crippen LogP contribution in [0.4, 0.5) is 0 Å². The first-order valence-electron chi connectivity index (χ1n) is 5.21. The fourth-order valence-corrected chi connectivity index (χ4v) is 1.85. The van der Waals surface area contributed by atoms with Crippen molar-refractivity contribution in [1.29, 1.82) is 0 Å². The van der Waals surface area contributed by atoms with Crippen molar-refractivity contribution >= 4 is 17.4 Å². The van der Waals surface area contributed by atoms with Crippen molar-refractivity contribution in [3.8, 4) is 0 Å². The van der Waals surface area contributed by atoms with Crippen molar-refractivity contribution in [3.63, 3.8) is 0 Å². The summed E-state index contributed by atoms with van der Waals surface area (Å²) in [5.41, 5.74) is 2.02. The van der Waals surface area contributed by atoms with Crippen molar-refractivity contribution in [3.05, 3.63) is 34.3 Å². The van der Waals surface area contributed by atoms with Crippen molar-refractivity contribution in [2.24, 2.45) is 0 Å². The Morgan fingerprint density at radius 3 is 2.81 bits per heavy atom. The lowest BCUT2D eigenvalue weighted by atomic mass is 10.1. The molecule has 4 heteroatoms. The number of benzene rings is 1. The summed E-state index contributed by atoms with van der Waals surface area (Å²) < 4.78 is 6.78. The van der Waals surface area contributed by atoms with Crippen LogP contribution in [-0.4, -0.2) is 10.9 Å². The van der Waals surface area contributed by atoms with Crippen molar-refractivity contribution in [2.45, 2.75) is 26.3 Å². The molecular formula is C12H13NO3. The van der Waals surface area contributed by atoms with Gasteiger partial charge in [-0.25, -0.2) is 4.79 Å². The molecule has 4 nitrogen and oxygen atoms in total. The summed E-state index contributed by atoms with van der Waals surface area (Å²) in [6, 6.07) is 5.49. The molecule has 1 heterocycles. The number of aromatic nitrogens is 1. The van der Waals surface area contributed by atoms with Crippen LogP contribution in [0.1, 0.15) is 25.5 Å². The van der Waals surface area contributed by atoms with Gasteiger partial charge in [0.15, 0.2) is 5.58 Å². The number of aldehydes is 1. The average Bonchev–Trinajstić information content (AvgIpc) is 2.55. The third kappa shape index (κ3) is 1.56. The van der Waals surface area contributed by atoms with Crippen LogP contribution in [0.5, 0.6) is 0 Å². The number of nitrogens with zero attached hydrogens (tertiary/aromatic N) is 1. The number of oxazole rings is 1. The molecule has 2 rings (SSSR count). The maximum Gasteiger partial charge on any atom is 0.420 e. The van der Waals surface area contributed by atoms with Gasteiger partial charge in [-0.05, 0) is 19.9 Å². The third-order valence-corrected chi connectivity index (χ3v) is 2.54. The number of para-hydroxylation sites is 1. The van der Waals surface area contributed by atoms with E-state index in [1.165, 1.54) is 0 Å². The van der Waals surface area contributed by atoms with Gasteiger partial charge >= 0.3 is 5.76 Å². The summed E-state index contributed by atoms with van der Waals surface area (Å²) in [6.45, 7) is 3.84. The molecule has 16 heavy (non-hydrogen) atoms.